The summed E-state index contributed by atoms with van der Waals surface area (Å²) in [6.45, 7) is 4.07. The standard InChI is InChI=1S/C16H17ClN2O2/c1-10-11(2)21-14(19-10)9-18-15(20)16(6-7-16)12-4-3-5-13(17)8-12/h3-5,8H,6-7,9H2,1-2H3,(H,18,20). The van der Waals surface area contributed by atoms with Crippen molar-refractivity contribution >= 4 is 17.5 Å². The summed E-state index contributed by atoms with van der Waals surface area (Å²) in [5, 5.41) is 3.58. The molecule has 110 valence electrons. The number of halogens is 1. The van der Waals surface area contributed by atoms with Gasteiger partial charge in [0, 0.05) is 5.02 Å². The van der Waals surface area contributed by atoms with Crippen LogP contribution >= 0.6 is 11.6 Å². The molecule has 1 amide bonds. The summed E-state index contributed by atoms with van der Waals surface area (Å²) < 4.78 is 5.48. The number of rotatable bonds is 4. The van der Waals surface area contributed by atoms with Crippen molar-refractivity contribution < 1.29 is 9.21 Å². The van der Waals surface area contributed by atoms with Crippen LogP contribution in [0.2, 0.25) is 5.02 Å². The average Bonchev–Trinajstić information content (AvgIpc) is 3.20. The van der Waals surface area contributed by atoms with Crippen molar-refractivity contribution in [2.45, 2.75) is 38.6 Å². The Labute approximate surface area is 128 Å². The molecule has 0 spiro atoms. The second-order valence-electron chi connectivity index (χ2n) is 5.52. The van der Waals surface area contributed by atoms with Crippen LogP contribution in [0.15, 0.2) is 28.7 Å². The molecule has 1 aliphatic carbocycles. The number of nitrogens with one attached hydrogen (secondary N) is 1. The van der Waals surface area contributed by atoms with Gasteiger partial charge >= 0.3 is 0 Å². The molecule has 3 rings (SSSR count). The Kier molecular flexibility index (Phi) is 3.49. The van der Waals surface area contributed by atoms with Gasteiger partial charge in [-0.05, 0) is 44.4 Å². The Balaban J connectivity index is 1.70. The maximum Gasteiger partial charge on any atom is 0.231 e. The highest BCUT2D eigenvalue weighted by atomic mass is 35.5. The van der Waals surface area contributed by atoms with Crippen LogP contribution in [0.1, 0.15) is 35.7 Å². The third kappa shape index (κ3) is 2.68. The zero-order valence-corrected chi connectivity index (χ0v) is 12.8. The van der Waals surface area contributed by atoms with Crippen molar-refractivity contribution in [2.75, 3.05) is 0 Å². The van der Waals surface area contributed by atoms with Gasteiger partial charge in [0.25, 0.3) is 0 Å². The summed E-state index contributed by atoms with van der Waals surface area (Å²) >= 11 is 6.02. The van der Waals surface area contributed by atoms with E-state index in [2.05, 4.69) is 10.3 Å². The smallest absolute Gasteiger partial charge is 0.231 e. The summed E-state index contributed by atoms with van der Waals surface area (Å²) in [5.41, 5.74) is 1.41. The molecule has 1 aromatic carbocycles. The lowest BCUT2D eigenvalue weighted by molar-refractivity contribution is -0.123. The lowest BCUT2D eigenvalue weighted by atomic mass is 9.95. The van der Waals surface area contributed by atoms with E-state index in [1.807, 2.05) is 38.1 Å². The van der Waals surface area contributed by atoms with Crippen LogP contribution in [-0.4, -0.2) is 10.9 Å². The molecule has 0 bridgehead atoms. The number of carbonyl (C=O) groups is 1. The molecule has 0 aliphatic heterocycles. The maximum absolute atomic E-state index is 12.5. The molecule has 0 unspecified atom stereocenters. The van der Waals surface area contributed by atoms with E-state index in [1.54, 1.807) is 0 Å². The van der Waals surface area contributed by atoms with Crippen LogP contribution in [0.25, 0.3) is 0 Å². The summed E-state index contributed by atoms with van der Waals surface area (Å²) in [5.74, 6) is 1.34. The van der Waals surface area contributed by atoms with Crippen LogP contribution < -0.4 is 5.32 Å². The van der Waals surface area contributed by atoms with E-state index in [0.717, 1.165) is 29.9 Å². The van der Waals surface area contributed by atoms with Gasteiger partial charge in [-0.15, -0.1) is 0 Å². The minimum Gasteiger partial charge on any atom is -0.444 e. The second kappa shape index (κ2) is 5.19. The monoisotopic (exact) mass is 304 g/mol. The largest absolute Gasteiger partial charge is 0.444 e. The quantitative estimate of drug-likeness (QED) is 0.943. The van der Waals surface area contributed by atoms with Gasteiger partial charge in [-0.1, -0.05) is 23.7 Å². The van der Waals surface area contributed by atoms with Gasteiger partial charge in [-0.3, -0.25) is 4.79 Å². The molecule has 2 aromatic rings. The number of carbonyl (C=O) groups excluding carboxylic acids is 1. The fourth-order valence-corrected chi connectivity index (χ4v) is 2.69. The number of aromatic nitrogens is 1. The van der Waals surface area contributed by atoms with Crippen molar-refractivity contribution in [1.29, 1.82) is 0 Å². The Bertz CT molecular complexity index is 670. The summed E-state index contributed by atoms with van der Waals surface area (Å²) in [6.07, 6.45) is 1.70. The maximum atomic E-state index is 12.5. The Hall–Kier alpha value is -1.81. The fraction of sp³-hybridized carbons (Fsp3) is 0.375. The first kappa shape index (κ1) is 14.1. The number of oxazole rings is 1. The van der Waals surface area contributed by atoms with Crippen molar-refractivity contribution in [3.63, 3.8) is 0 Å². The molecule has 1 fully saturated rings. The van der Waals surface area contributed by atoms with Gasteiger partial charge in [-0.2, -0.15) is 0 Å². The number of benzene rings is 1. The van der Waals surface area contributed by atoms with E-state index < -0.39 is 5.41 Å². The van der Waals surface area contributed by atoms with Crippen LogP contribution in [0.4, 0.5) is 0 Å². The van der Waals surface area contributed by atoms with Crippen LogP contribution in [-0.2, 0) is 16.8 Å². The lowest BCUT2D eigenvalue weighted by Crippen LogP contribution is -2.34. The number of amides is 1. The van der Waals surface area contributed by atoms with Crippen molar-refractivity contribution in [3.05, 3.63) is 52.2 Å². The first-order chi connectivity index (χ1) is 10.0. The zero-order valence-electron chi connectivity index (χ0n) is 12.1. The molecular formula is C16H17ClN2O2. The molecule has 1 aromatic heterocycles. The minimum atomic E-state index is -0.429. The molecule has 0 radical (unpaired) electrons. The van der Waals surface area contributed by atoms with Gasteiger partial charge < -0.3 is 9.73 Å². The highest BCUT2D eigenvalue weighted by Gasteiger charge is 2.51. The summed E-state index contributed by atoms with van der Waals surface area (Å²) in [6, 6.07) is 7.52. The predicted molar refractivity (Wildman–Crippen MR) is 80.2 cm³/mol. The SMILES string of the molecule is Cc1nc(CNC(=O)C2(c3cccc(Cl)c3)CC2)oc1C. The Morgan fingerprint density at radius 3 is 2.76 bits per heavy atom. The van der Waals surface area contributed by atoms with E-state index in [0.29, 0.717) is 17.5 Å². The molecule has 5 heteroatoms. The van der Waals surface area contributed by atoms with Crippen molar-refractivity contribution in [2.24, 2.45) is 0 Å². The van der Waals surface area contributed by atoms with Gasteiger partial charge in [0.05, 0.1) is 17.7 Å². The van der Waals surface area contributed by atoms with E-state index >= 15 is 0 Å². The summed E-state index contributed by atoms with van der Waals surface area (Å²) in [7, 11) is 0. The topological polar surface area (TPSA) is 55.1 Å². The lowest BCUT2D eigenvalue weighted by Gasteiger charge is -2.15. The van der Waals surface area contributed by atoms with Crippen LogP contribution in [0.3, 0.4) is 0 Å². The van der Waals surface area contributed by atoms with Gasteiger partial charge in [-0.25, -0.2) is 4.98 Å². The highest BCUT2D eigenvalue weighted by Crippen LogP contribution is 2.48. The third-order valence-corrected chi connectivity index (χ3v) is 4.27. The van der Waals surface area contributed by atoms with Crippen molar-refractivity contribution in [3.8, 4) is 0 Å². The fourth-order valence-electron chi connectivity index (χ4n) is 2.50. The zero-order chi connectivity index (χ0) is 15.0. The number of aryl methyl sites for hydroxylation is 2. The van der Waals surface area contributed by atoms with E-state index in [9.17, 15) is 4.79 Å². The summed E-state index contributed by atoms with van der Waals surface area (Å²) in [4.78, 5) is 16.7. The highest BCUT2D eigenvalue weighted by molar-refractivity contribution is 6.30. The molecule has 0 saturated heterocycles. The van der Waals surface area contributed by atoms with E-state index in [1.165, 1.54) is 0 Å². The molecule has 0 atom stereocenters. The molecular weight excluding hydrogens is 288 g/mol. The Morgan fingerprint density at radius 2 is 2.19 bits per heavy atom. The Morgan fingerprint density at radius 1 is 1.43 bits per heavy atom. The minimum absolute atomic E-state index is 0.0123. The van der Waals surface area contributed by atoms with Gasteiger partial charge in [0.2, 0.25) is 11.8 Å². The first-order valence-electron chi connectivity index (χ1n) is 6.98. The van der Waals surface area contributed by atoms with Crippen LogP contribution in [0, 0.1) is 13.8 Å². The predicted octanol–water partition coefficient (Wildman–Crippen LogP) is 3.29. The molecule has 21 heavy (non-hydrogen) atoms. The van der Waals surface area contributed by atoms with E-state index in [4.69, 9.17) is 16.0 Å². The molecule has 1 saturated carbocycles. The normalized spacial score (nSPS) is 15.8. The second-order valence-corrected chi connectivity index (χ2v) is 5.96. The molecule has 1 aliphatic rings. The van der Waals surface area contributed by atoms with Crippen molar-refractivity contribution in [1.82, 2.24) is 10.3 Å². The molecule has 1 heterocycles. The third-order valence-electron chi connectivity index (χ3n) is 4.03. The van der Waals surface area contributed by atoms with Crippen LogP contribution in [0.5, 0.6) is 0 Å². The number of nitrogens with zero attached hydrogens (tertiary/aromatic N) is 1. The first-order valence-corrected chi connectivity index (χ1v) is 7.36. The number of hydrogen-bond acceptors (Lipinski definition) is 3. The molecule has 1 N–H and O–H groups in total. The van der Waals surface area contributed by atoms with Gasteiger partial charge in [0.15, 0.2) is 0 Å². The van der Waals surface area contributed by atoms with Gasteiger partial charge in [0.1, 0.15) is 5.76 Å². The van der Waals surface area contributed by atoms with E-state index in [-0.39, 0.29) is 5.91 Å². The average molecular weight is 305 g/mol. The number of hydrogen-bond donors (Lipinski definition) is 1. The molecule has 4 nitrogen and oxygen atoms in total.